The molecule has 1 N–H and O–H groups in total. The molecule has 1 heterocycles. The number of fused-ring (bicyclic) bond motifs is 1. The van der Waals surface area contributed by atoms with Crippen LogP contribution in [-0.2, 0) is 6.42 Å². The molecular weight excluding hydrogens is 222 g/mol. The van der Waals surface area contributed by atoms with Gasteiger partial charge in [0.2, 0.25) is 0 Å². The van der Waals surface area contributed by atoms with Gasteiger partial charge in [-0.15, -0.1) is 0 Å². The average Bonchev–Trinajstić information content (AvgIpc) is 2.86. The zero-order valence-corrected chi connectivity index (χ0v) is 11.7. The van der Waals surface area contributed by atoms with Gasteiger partial charge in [-0.2, -0.15) is 0 Å². The summed E-state index contributed by atoms with van der Waals surface area (Å²) in [6, 6.07) is 7.16. The Morgan fingerprint density at radius 2 is 2.17 bits per heavy atom. The van der Waals surface area contributed by atoms with Crippen molar-refractivity contribution in [2.75, 3.05) is 13.7 Å². The van der Waals surface area contributed by atoms with Crippen molar-refractivity contribution in [3.8, 4) is 5.75 Å². The third-order valence-corrected chi connectivity index (χ3v) is 3.81. The Bertz CT molecular complexity index is 375. The quantitative estimate of drug-likeness (QED) is 0.739. The highest BCUT2D eigenvalue weighted by Gasteiger charge is 2.15. The van der Waals surface area contributed by atoms with Gasteiger partial charge >= 0.3 is 0 Å². The predicted molar refractivity (Wildman–Crippen MR) is 76.2 cm³/mol. The molecule has 0 fully saturated rings. The molecule has 1 unspecified atom stereocenters. The molecule has 18 heavy (non-hydrogen) atoms. The summed E-state index contributed by atoms with van der Waals surface area (Å²) in [4.78, 5) is 0. The number of benzene rings is 1. The van der Waals surface area contributed by atoms with Crippen molar-refractivity contribution in [3.05, 3.63) is 29.3 Å². The summed E-state index contributed by atoms with van der Waals surface area (Å²) < 4.78 is 5.56. The van der Waals surface area contributed by atoms with Crippen LogP contribution in [0.25, 0.3) is 0 Å². The lowest BCUT2D eigenvalue weighted by Crippen LogP contribution is -2.16. The maximum absolute atomic E-state index is 5.56. The Balaban J connectivity index is 1.94. The van der Waals surface area contributed by atoms with Crippen molar-refractivity contribution in [3.63, 3.8) is 0 Å². The van der Waals surface area contributed by atoms with Crippen LogP contribution < -0.4 is 10.1 Å². The molecule has 0 spiro atoms. The molecule has 1 aliphatic heterocycles. The molecule has 1 aliphatic rings. The number of rotatable bonds is 7. The zero-order valence-electron chi connectivity index (χ0n) is 11.7. The SMILES string of the molecule is CCCCCCC(NC)c1ccc2c(c1)CCO2. The molecule has 0 amide bonds. The van der Waals surface area contributed by atoms with E-state index in [9.17, 15) is 0 Å². The lowest BCUT2D eigenvalue weighted by Gasteiger charge is -2.17. The van der Waals surface area contributed by atoms with E-state index in [2.05, 4.69) is 37.5 Å². The van der Waals surface area contributed by atoms with Gasteiger partial charge in [0.25, 0.3) is 0 Å². The summed E-state index contributed by atoms with van der Waals surface area (Å²) in [5.74, 6) is 1.08. The van der Waals surface area contributed by atoms with Crippen LogP contribution in [0.4, 0.5) is 0 Å². The maximum Gasteiger partial charge on any atom is 0.122 e. The molecule has 0 saturated carbocycles. The molecule has 100 valence electrons. The number of hydrogen-bond acceptors (Lipinski definition) is 2. The van der Waals surface area contributed by atoms with Gasteiger partial charge < -0.3 is 10.1 Å². The highest BCUT2D eigenvalue weighted by molar-refractivity contribution is 5.40. The predicted octanol–water partition coefficient (Wildman–Crippen LogP) is 3.85. The third-order valence-electron chi connectivity index (χ3n) is 3.81. The Morgan fingerprint density at radius 1 is 1.28 bits per heavy atom. The molecule has 0 radical (unpaired) electrons. The fourth-order valence-corrected chi connectivity index (χ4v) is 2.68. The Labute approximate surface area is 111 Å². The summed E-state index contributed by atoms with van der Waals surface area (Å²) in [5, 5.41) is 3.45. The van der Waals surface area contributed by atoms with Crippen LogP contribution in [0.15, 0.2) is 18.2 Å². The van der Waals surface area contributed by atoms with Gasteiger partial charge in [-0.05, 0) is 30.7 Å². The van der Waals surface area contributed by atoms with E-state index < -0.39 is 0 Å². The smallest absolute Gasteiger partial charge is 0.122 e. The van der Waals surface area contributed by atoms with Crippen LogP contribution in [0.1, 0.15) is 56.2 Å². The van der Waals surface area contributed by atoms with E-state index >= 15 is 0 Å². The second kappa shape index (κ2) is 6.79. The first-order valence-corrected chi connectivity index (χ1v) is 7.28. The van der Waals surface area contributed by atoms with Gasteiger partial charge in [0, 0.05) is 12.5 Å². The molecule has 0 aromatic heterocycles. The highest BCUT2D eigenvalue weighted by Crippen LogP contribution is 2.29. The Morgan fingerprint density at radius 3 is 2.94 bits per heavy atom. The van der Waals surface area contributed by atoms with E-state index in [4.69, 9.17) is 4.74 Å². The first-order chi connectivity index (χ1) is 8.85. The van der Waals surface area contributed by atoms with Crippen molar-refractivity contribution in [2.45, 2.75) is 51.5 Å². The van der Waals surface area contributed by atoms with Crippen LogP contribution in [0.3, 0.4) is 0 Å². The van der Waals surface area contributed by atoms with E-state index in [1.807, 2.05) is 0 Å². The van der Waals surface area contributed by atoms with Crippen LogP contribution in [-0.4, -0.2) is 13.7 Å². The minimum Gasteiger partial charge on any atom is -0.493 e. The van der Waals surface area contributed by atoms with Crippen LogP contribution in [0, 0.1) is 0 Å². The summed E-state index contributed by atoms with van der Waals surface area (Å²) >= 11 is 0. The largest absolute Gasteiger partial charge is 0.493 e. The first-order valence-electron chi connectivity index (χ1n) is 7.28. The molecule has 1 atom stereocenters. The number of nitrogens with one attached hydrogen (secondary N) is 1. The molecule has 2 heteroatoms. The molecule has 0 aliphatic carbocycles. The molecule has 2 nitrogen and oxygen atoms in total. The monoisotopic (exact) mass is 247 g/mol. The van der Waals surface area contributed by atoms with Crippen LogP contribution in [0.2, 0.25) is 0 Å². The minimum absolute atomic E-state index is 0.493. The Hall–Kier alpha value is -1.02. The van der Waals surface area contributed by atoms with Crippen molar-refractivity contribution < 1.29 is 4.74 Å². The van der Waals surface area contributed by atoms with E-state index in [0.717, 1.165) is 18.8 Å². The van der Waals surface area contributed by atoms with Gasteiger partial charge in [-0.3, -0.25) is 0 Å². The molecule has 0 saturated heterocycles. The molecule has 2 rings (SSSR count). The molecule has 1 aromatic carbocycles. The van der Waals surface area contributed by atoms with Crippen molar-refractivity contribution in [1.29, 1.82) is 0 Å². The summed E-state index contributed by atoms with van der Waals surface area (Å²) in [7, 11) is 2.06. The molecular formula is C16H25NO. The molecule has 0 bridgehead atoms. The number of hydrogen-bond donors (Lipinski definition) is 1. The van der Waals surface area contributed by atoms with Crippen LogP contribution >= 0.6 is 0 Å². The normalized spacial score (nSPS) is 15.2. The van der Waals surface area contributed by atoms with E-state index in [0.29, 0.717) is 6.04 Å². The first kappa shape index (κ1) is 13.4. The summed E-state index contributed by atoms with van der Waals surface area (Å²) in [6.45, 7) is 3.11. The Kier molecular flexibility index (Phi) is 5.06. The van der Waals surface area contributed by atoms with Gasteiger partial charge in [-0.25, -0.2) is 0 Å². The van der Waals surface area contributed by atoms with Crippen molar-refractivity contribution in [2.24, 2.45) is 0 Å². The van der Waals surface area contributed by atoms with Crippen LogP contribution in [0.5, 0.6) is 5.75 Å². The van der Waals surface area contributed by atoms with Gasteiger partial charge in [-0.1, -0.05) is 44.7 Å². The van der Waals surface area contributed by atoms with E-state index in [1.54, 1.807) is 0 Å². The van der Waals surface area contributed by atoms with E-state index in [1.165, 1.54) is 43.2 Å². The fraction of sp³-hybridized carbons (Fsp3) is 0.625. The summed E-state index contributed by atoms with van der Waals surface area (Å²) in [6.07, 6.45) is 7.62. The minimum atomic E-state index is 0.493. The van der Waals surface area contributed by atoms with Gasteiger partial charge in [0.1, 0.15) is 5.75 Å². The van der Waals surface area contributed by atoms with Gasteiger partial charge in [0.05, 0.1) is 6.61 Å². The lowest BCUT2D eigenvalue weighted by atomic mass is 9.98. The lowest BCUT2D eigenvalue weighted by molar-refractivity contribution is 0.356. The second-order valence-corrected chi connectivity index (χ2v) is 5.16. The maximum atomic E-state index is 5.56. The average molecular weight is 247 g/mol. The van der Waals surface area contributed by atoms with E-state index in [-0.39, 0.29) is 0 Å². The summed E-state index contributed by atoms with van der Waals surface area (Å²) in [5.41, 5.74) is 2.79. The topological polar surface area (TPSA) is 21.3 Å². The number of unbranched alkanes of at least 4 members (excludes halogenated alkanes) is 3. The zero-order chi connectivity index (χ0) is 12.8. The van der Waals surface area contributed by atoms with Crippen molar-refractivity contribution in [1.82, 2.24) is 5.32 Å². The third kappa shape index (κ3) is 3.26. The fourth-order valence-electron chi connectivity index (χ4n) is 2.68. The highest BCUT2D eigenvalue weighted by atomic mass is 16.5. The second-order valence-electron chi connectivity index (χ2n) is 5.16. The number of ether oxygens (including phenoxy) is 1. The van der Waals surface area contributed by atoms with Crippen molar-refractivity contribution >= 4 is 0 Å². The standard InChI is InChI=1S/C16H25NO/c1-3-4-5-6-7-15(17-2)13-8-9-16-14(12-13)10-11-18-16/h8-9,12,15,17H,3-7,10-11H2,1-2H3. The van der Waals surface area contributed by atoms with Gasteiger partial charge in [0.15, 0.2) is 0 Å². The molecule has 1 aromatic rings.